The minimum atomic E-state index is -3.68. The first kappa shape index (κ1) is 22.8. The summed E-state index contributed by atoms with van der Waals surface area (Å²) in [4.78, 5) is 15.0. The van der Waals surface area contributed by atoms with Crippen molar-refractivity contribution in [2.75, 3.05) is 42.6 Å². The molecule has 0 radical (unpaired) electrons. The zero-order valence-corrected chi connectivity index (χ0v) is 20.0. The van der Waals surface area contributed by atoms with Crippen molar-refractivity contribution in [2.45, 2.75) is 17.4 Å². The molecule has 9 nitrogen and oxygen atoms in total. The molecule has 2 aliphatic heterocycles. The molecule has 0 fully saturated rings. The van der Waals surface area contributed by atoms with Gasteiger partial charge in [0.1, 0.15) is 5.75 Å². The van der Waals surface area contributed by atoms with Crippen LogP contribution in [0.1, 0.15) is 5.56 Å². The maximum Gasteiger partial charge on any atom is 0.269 e. The average Bonchev–Trinajstić information content (AvgIpc) is 3.14. The highest BCUT2D eigenvalue weighted by atomic mass is 35.5. The van der Waals surface area contributed by atoms with Gasteiger partial charge in [-0.3, -0.25) is 9.10 Å². The van der Waals surface area contributed by atoms with Gasteiger partial charge in [-0.25, -0.2) is 21.1 Å². The molecule has 0 N–H and O–H groups in total. The Hall–Kier alpha value is -2.34. The number of amides is 1. The van der Waals surface area contributed by atoms with Crippen LogP contribution in [0.3, 0.4) is 0 Å². The van der Waals surface area contributed by atoms with Crippen molar-refractivity contribution in [1.29, 1.82) is 0 Å². The van der Waals surface area contributed by atoms with Crippen LogP contribution in [0, 0.1) is 0 Å². The summed E-state index contributed by atoms with van der Waals surface area (Å²) in [5.41, 5.74) is 1.60. The fourth-order valence-electron chi connectivity index (χ4n) is 3.82. The van der Waals surface area contributed by atoms with Gasteiger partial charge in [0, 0.05) is 31.4 Å². The van der Waals surface area contributed by atoms with E-state index in [1.165, 1.54) is 37.2 Å². The van der Waals surface area contributed by atoms with Crippen molar-refractivity contribution in [3.8, 4) is 5.75 Å². The second-order valence-corrected chi connectivity index (χ2v) is 12.3. The molecule has 1 unspecified atom stereocenters. The largest absolute Gasteiger partial charge is 0.476 e. The molecule has 0 aromatic heterocycles. The van der Waals surface area contributed by atoms with Crippen molar-refractivity contribution in [3.63, 3.8) is 0 Å². The number of hydrogen-bond acceptors (Lipinski definition) is 6. The molecule has 32 heavy (non-hydrogen) atoms. The number of hydrogen-bond donors (Lipinski definition) is 0. The highest BCUT2D eigenvalue weighted by Gasteiger charge is 2.39. The monoisotopic (exact) mass is 499 g/mol. The zero-order chi connectivity index (χ0) is 23.4. The van der Waals surface area contributed by atoms with Gasteiger partial charge < -0.3 is 9.64 Å². The van der Waals surface area contributed by atoms with Gasteiger partial charge in [-0.15, -0.1) is 0 Å². The minimum absolute atomic E-state index is 0.151. The van der Waals surface area contributed by atoms with Gasteiger partial charge in [0.15, 0.2) is 6.10 Å². The number of fused-ring (bicyclic) bond motifs is 2. The molecule has 2 aromatic rings. The van der Waals surface area contributed by atoms with Gasteiger partial charge in [-0.05, 0) is 48.4 Å². The third kappa shape index (κ3) is 3.94. The Morgan fingerprint density at radius 3 is 2.47 bits per heavy atom. The molecule has 0 spiro atoms. The topological polar surface area (TPSA) is 104 Å². The summed E-state index contributed by atoms with van der Waals surface area (Å²) in [5, 5.41) is 0.350. The number of nitrogens with zero attached hydrogens (tertiary/aromatic N) is 3. The molecular weight excluding hydrogens is 478 g/mol. The number of halogens is 1. The highest BCUT2D eigenvalue weighted by Crippen LogP contribution is 2.38. The van der Waals surface area contributed by atoms with Gasteiger partial charge in [0.2, 0.25) is 20.0 Å². The van der Waals surface area contributed by atoms with Gasteiger partial charge in [0.25, 0.3) is 5.91 Å². The summed E-state index contributed by atoms with van der Waals surface area (Å²) in [6.07, 6.45) is 0.476. The summed E-state index contributed by atoms with van der Waals surface area (Å²) < 4.78 is 57.7. The van der Waals surface area contributed by atoms with Crippen molar-refractivity contribution in [2.24, 2.45) is 0 Å². The van der Waals surface area contributed by atoms with Crippen molar-refractivity contribution < 1.29 is 26.4 Å². The number of ether oxygens (including phenoxy) is 1. The molecule has 2 aliphatic rings. The van der Waals surface area contributed by atoms with Crippen LogP contribution in [0.4, 0.5) is 11.4 Å². The Kier molecular flexibility index (Phi) is 5.64. The molecule has 0 saturated carbocycles. The first-order chi connectivity index (χ1) is 14.9. The Labute approximate surface area is 192 Å². The van der Waals surface area contributed by atoms with Crippen LogP contribution in [0.2, 0.25) is 5.02 Å². The van der Waals surface area contributed by atoms with Gasteiger partial charge in [-0.1, -0.05) is 11.6 Å². The van der Waals surface area contributed by atoms with Crippen LogP contribution >= 0.6 is 11.6 Å². The van der Waals surface area contributed by atoms with Crippen LogP contribution in [0.25, 0.3) is 0 Å². The zero-order valence-electron chi connectivity index (χ0n) is 17.6. The molecule has 1 amide bonds. The average molecular weight is 500 g/mol. The quantitative estimate of drug-likeness (QED) is 0.634. The molecule has 172 valence electrons. The smallest absolute Gasteiger partial charge is 0.269 e. The van der Waals surface area contributed by atoms with E-state index >= 15 is 0 Å². The van der Waals surface area contributed by atoms with E-state index in [-0.39, 0.29) is 22.9 Å². The van der Waals surface area contributed by atoms with E-state index in [4.69, 9.17) is 16.3 Å². The normalized spacial score (nSPS) is 18.3. The van der Waals surface area contributed by atoms with Crippen molar-refractivity contribution in [3.05, 3.63) is 47.0 Å². The SMILES string of the molecule is CN(C)S(=O)(=O)c1ccc2c(c1)CCN2C(=O)C1CN(S(C)(=O)=O)c2cc(Cl)ccc2O1. The second kappa shape index (κ2) is 7.91. The Balaban J connectivity index is 1.65. The Morgan fingerprint density at radius 1 is 1.09 bits per heavy atom. The Bertz CT molecular complexity index is 1310. The summed E-state index contributed by atoms with van der Waals surface area (Å²) in [6.45, 7) is 0.149. The summed E-state index contributed by atoms with van der Waals surface area (Å²) >= 11 is 6.02. The van der Waals surface area contributed by atoms with Crippen molar-refractivity contribution >= 4 is 48.9 Å². The van der Waals surface area contributed by atoms with Crippen molar-refractivity contribution in [1.82, 2.24) is 4.31 Å². The molecule has 1 atom stereocenters. The van der Waals surface area contributed by atoms with Crippen LogP contribution in [0.15, 0.2) is 41.3 Å². The van der Waals surface area contributed by atoms with E-state index in [9.17, 15) is 21.6 Å². The van der Waals surface area contributed by atoms with Gasteiger partial charge >= 0.3 is 0 Å². The predicted molar refractivity (Wildman–Crippen MR) is 121 cm³/mol. The molecule has 0 aliphatic carbocycles. The maximum atomic E-state index is 13.3. The predicted octanol–water partition coefficient (Wildman–Crippen LogP) is 1.71. The van der Waals surface area contributed by atoms with Crippen LogP contribution in [-0.2, 0) is 31.3 Å². The lowest BCUT2D eigenvalue weighted by Gasteiger charge is -2.35. The number of anilines is 2. The van der Waals surface area contributed by atoms with E-state index in [2.05, 4.69) is 0 Å². The number of benzene rings is 2. The van der Waals surface area contributed by atoms with Gasteiger partial charge in [0.05, 0.1) is 23.4 Å². The van der Waals surface area contributed by atoms with E-state index in [1.54, 1.807) is 18.2 Å². The highest BCUT2D eigenvalue weighted by molar-refractivity contribution is 7.92. The second-order valence-electron chi connectivity index (χ2n) is 7.83. The number of carbonyl (C=O) groups excluding carboxylic acids is 1. The lowest BCUT2D eigenvalue weighted by molar-refractivity contribution is -0.125. The summed E-state index contributed by atoms with van der Waals surface area (Å²) in [7, 11) is -4.37. The molecule has 0 saturated heterocycles. The van der Waals surface area contributed by atoms with Crippen LogP contribution < -0.4 is 13.9 Å². The standard InChI is InChI=1S/C20H22ClN3O6S2/c1-22(2)32(28,29)15-5-6-16-13(10-15)8-9-23(16)20(25)19-12-24(31(3,26)27)17-11-14(21)4-7-18(17)30-19/h4-7,10-11,19H,8-9,12H2,1-3H3. The molecule has 4 rings (SSSR count). The van der Waals surface area contributed by atoms with E-state index in [0.29, 0.717) is 23.7 Å². The lowest BCUT2D eigenvalue weighted by atomic mass is 10.1. The molecule has 12 heteroatoms. The first-order valence-corrected chi connectivity index (χ1v) is 13.4. The Morgan fingerprint density at radius 2 is 1.81 bits per heavy atom. The molecular formula is C20H22ClN3O6S2. The summed E-state index contributed by atoms with van der Waals surface area (Å²) in [5.74, 6) is -0.155. The van der Waals surface area contributed by atoms with Crippen LogP contribution in [-0.4, -0.2) is 66.6 Å². The lowest BCUT2D eigenvalue weighted by Crippen LogP contribution is -2.51. The molecule has 2 heterocycles. The summed E-state index contributed by atoms with van der Waals surface area (Å²) in [6, 6.07) is 9.20. The minimum Gasteiger partial charge on any atom is -0.476 e. The van der Waals surface area contributed by atoms with Crippen LogP contribution in [0.5, 0.6) is 5.75 Å². The van der Waals surface area contributed by atoms with E-state index < -0.39 is 32.1 Å². The number of sulfonamides is 2. The molecule has 0 bridgehead atoms. The first-order valence-electron chi connectivity index (χ1n) is 9.70. The third-order valence-electron chi connectivity index (χ3n) is 5.46. The van der Waals surface area contributed by atoms with Gasteiger partial charge in [-0.2, -0.15) is 0 Å². The fraction of sp³-hybridized carbons (Fsp3) is 0.350. The third-order valence-corrected chi connectivity index (χ3v) is 8.65. The molecule has 2 aromatic carbocycles. The van der Waals surface area contributed by atoms with E-state index in [1.807, 2.05) is 0 Å². The van der Waals surface area contributed by atoms with E-state index in [0.717, 1.165) is 20.4 Å². The maximum absolute atomic E-state index is 13.3. The number of rotatable bonds is 4. The fourth-order valence-corrected chi connectivity index (χ4v) is 5.84. The number of carbonyl (C=O) groups is 1.